The Balaban J connectivity index is 1.72. The average Bonchev–Trinajstić information content (AvgIpc) is 2.56. The van der Waals surface area contributed by atoms with Crippen molar-refractivity contribution in [1.82, 2.24) is 0 Å². The molecule has 0 aromatic heterocycles. The van der Waals surface area contributed by atoms with E-state index in [2.05, 4.69) is 30.0 Å². The van der Waals surface area contributed by atoms with Crippen LogP contribution in [-0.2, 0) is 0 Å². The monoisotopic (exact) mass is 287 g/mol. The molecule has 1 aromatic carbocycles. The van der Waals surface area contributed by atoms with Gasteiger partial charge in [0, 0.05) is 24.3 Å². The predicted octanol–water partition coefficient (Wildman–Crippen LogP) is 4.68. The van der Waals surface area contributed by atoms with Crippen molar-refractivity contribution in [2.45, 2.75) is 64.4 Å². The van der Waals surface area contributed by atoms with E-state index in [1.165, 1.54) is 50.6 Å². The molecule has 1 aromatic rings. The molecule has 0 unspecified atom stereocenters. The standard InChI is InChI=1S/C19H29NO/c1-2-18(21)16-8-4-5-9-17(16)20-14-12-19(13-15-20)10-6-3-7-11-19/h4-5,8-9,18,21H,2-3,6-7,10-15H2,1H3/t18-/m1/s1. The second-order valence-corrected chi connectivity index (χ2v) is 7.03. The first-order valence-corrected chi connectivity index (χ1v) is 8.76. The highest BCUT2D eigenvalue weighted by Gasteiger charge is 2.35. The number of para-hydroxylation sites is 1. The van der Waals surface area contributed by atoms with Gasteiger partial charge < -0.3 is 10.0 Å². The Hall–Kier alpha value is -1.02. The van der Waals surface area contributed by atoms with Crippen molar-refractivity contribution in [3.05, 3.63) is 29.8 Å². The molecule has 1 atom stereocenters. The van der Waals surface area contributed by atoms with E-state index in [0.717, 1.165) is 25.1 Å². The smallest absolute Gasteiger partial charge is 0.0807 e. The molecule has 1 saturated carbocycles. The van der Waals surface area contributed by atoms with E-state index in [4.69, 9.17) is 0 Å². The van der Waals surface area contributed by atoms with Crippen LogP contribution in [0.5, 0.6) is 0 Å². The van der Waals surface area contributed by atoms with E-state index in [1.54, 1.807) is 0 Å². The van der Waals surface area contributed by atoms with Crippen LogP contribution in [0.4, 0.5) is 5.69 Å². The molecule has 2 nitrogen and oxygen atoms in total. The number of aliphatic hydroxyl groups excluding tert-OH is 1. The summed E-state index contributed by atoms with van der Waals surface area (Å²) in [7, 11) is 0. The van der Waals surface area contributed by atoms with Crippen molar-refractivity contribution in [3.63, 3.8) is 0 Å². The molecule has 1 aliphatic heterocycles. The SMILES string of the molecule is CC[C@@H](O)c1ccccc1N1CCC2(CCCCC2)CC1. The number of hydrogen-bond acceptors (Lipinski definition) is 2. The third kappa shape index (κ3) is 3.11. The van der Waals surface area contributed by atoms with Crippen LogP contribution in [0.3, 0.4) is 0 Å². The van der Waals surface area contributed by atoms with Gasteiger partial charge in [-0.05, 0) is 43.6 Å². The molecule has 0 amide bonds. The molecule has 0 bridgehead atoms. The van der Waals surface area contributed by atoms with Crippen LogP contribution in [0.1, 0.15) is 70.0 Å². The number of anilines is 1. The maximum absolute atomic E-state index is 10.3. The first-order valence-electron chi connectivity index (χ1n) is 8.76. The molecule has 1 heterocycles. The van der Waals surface area contributed by atoms with Gasteiger partial charge in [0.25, 0.3) is 0 Å². The molecule has 1 N–H and O–H groups in total. The lowest BCUT2D eigenvalue weighted by molar-refractivity contribution is 0.143. The van der Waals surface area contributed by atoms with Crippen molar-refractivity contribution < 1.29 is 5.11 Å². The summed E-state index contributed by atoms with van der Waals surface area (Å²) in [4.78, 5) is 2.51. The predicted molar refractivity (Wildman–Crippen MR) is 88.7 cm³/mol. The molecule has 3 rings (SSSR count). The Kier molecular flexibility index (Phi) is 4.54. The van der Waals surface area contributed by atoms with Gasteiger partial charge >= 0.3 is 0 Å². The fraction of sp³-hybridized carbons (Fsp3) is 0.684. The van der Waals surface area contributed by atoms with E-state index < -0.39 is 0 Å². The van der Waals surface area contributed by atoms with Crippen LogP contribution in [0.15, 0.2) is 24.3 Å². The minimum Gasteiger partial charge on any atom is -0.388 e. The van der Waals surface area contributed by atoms with Crippen molar-refractivity contribution in [3.8, 4) is 0 Å². The fourth-order valence-corrected chi connectivity index (χ4v) is 4.30. The Bertz CT molecular complexity index is 454. The number of nitrogens with zero attached hydrogens (tertiary/aromatic N) is 1. The second kappa shape index (κ2) is 6.39. The van der Waals surface area contributed by atoms with Crippen LogP contribution in [-0.4, -0.2) is 18.2 Å². The van der Waals surface area contributed by atoms with Gasteiger partial charge in [-0.3, -0.25) is 0 Å². The third-order valence-electron chi connectivity index (χ3n) is 5.76. The number of rotatable bonds is 3. The van der Waals surface area contributed by atoms with Crippen molar-refractivity contribution in [2.24, 2.45) is 5.41 Å². The largest absolute Gasteiger partial charge is 0.388 e. The maximum Gasteiger partial charge on any atom is 0.0807 e. The summed E-state index contributed by atoms with van der Waals surface area (Å²) in [6.07, 6.45) is 10.3. The van der Waals surface area contributed by atoms with Crippen LogP contribution in [0, 0.1) is 5.41 Å². The van der Waals surface area contributed by atoms with Gasteiger partial charge in [-0.15, -0.1) is 0 Å². The van der Waals surface area contributed by atoms with Gasteiger partial charge in [-0.25, -0.2) is 0 Å². The first-order chi connectivity index (χ1) is 10.2. The van der Waals surface area contributed by atoms with Gasteiger partial charge in [0.15, 0.2) is 0 Å². The number of piperidine rings is 1. The van der Waals surface area contributed by atoms with Gasteiger partial charge in [-0.1, -0.05) is 44.4 Å². The Morgan fingerprint density at radius 1 is 1.05 bits per heavy atom. The zero-order valence-electron chi connectivity index (χ0n) is 13.4. The molecule has 2 fully saturated rings. The fourth-order valence-electron chi connectivity index (χ4n) is 4.30. The summed E-state index contributed by atoms with van der Waals surface area (Å²) < 4.78 is 0. The highest BCUT2D eigenvalue weighted by atomic mass is 16.3. The molecular formula is C19H29NO. The second-order valence-electron chi connectivity index (χ2n) is 7.03. The van der Waals surface area contributed by atoms with Gasteiger partial charge in [-0.2, -0.15) is 0 Å². The van der Waals surface area contributed by atoms with Crippen LogP contribution in [0.25, 0.3) is 0 Å². The highest BCUT2D eigenvalue weighted by Crippen LogP contribution is 2.45. The summed E-state index contributed by atoms with van der Waals surface area (Å²) in [5, 5.41) is 10.3. The van der Waals surface area contributed by atoms with Gasteiger partial charge in [0.1, 0.15) is 0 Å². The van der Waals surface area contributed by atoms with E-state index in [0.29, 0.717) is 5.41 Å². The summed E-state index contributed by atoms with van der Waals surface area (Å²) in [6.45, 7) is 4.37. The topological polar surface area (TPSA) is 23.5 Å². The number of aliphatic hydroxyl groups is 1. The van der Waals surface area contributed by atoms with E-state index in [-0.39, 0.29) is 6.10 Å². The molecular weight excluding hydrogens is 258 g/mol. The number of hydrogen-bond donors (Lipinski definition) is 1. The minimum absolute atomic E-state index is 0.327. The first kappa shape index (κ1) is 14.9. The average molecular weight is 287 g/mol. The Morgan fingerprint density at radius 2 is 1.71 bits per heavy atom. The molecule has 21 heavy (non-hydrogen) atoms. The normalized spacial score (nSPS) is 23.2. The van der Waals surface area contributed by atoms with Crippen molar-refractivity contribution in [1.29, 1.82) is 0 Å². The molecule has 1 spiro atoms. The molecule has 1 saturated heterocycles. The molecule has 116 valence electrons. The van der Waals surface area contributed by atoms with E-state index >= 15 is 0 Å². The summed E-state index contributed by atoms with van der Waals surface area (Å²) in [5.41, 5.74) is 3.02. The molecule has 0 radical (unpaired) electrons. The lowest BCUT2D eigenvalue weighted by Crippen LogP contribution is -2.41. The number of benzene rings is 1. The van der Waals surface area contributed by atoms with Crippen LogP contribution in [0.2, 0.25) is 0 Å². The van der Waals surface area contributed by atoms with Crippen LogP contribution < -0.4 is 4.90 Å². The molecule has 2 heteroatoms. The van der Waals surface area contributed by atoms with E-state index in [9.17, 15) is 5.11 Å². The Morgan fingerprint density at radius 3 is 2.38 bits per heavy atom. The molecule has 1 aliphatic carbocycles. The highest BCUT2D eigenvalue weighted by molar-refractivity contribution is 5.55. The molecule has 2 aliphatic rings. The van der Waals surface area contributed by atoms with Crippen LogP contribution >= 0.6 is 0 Å². The maximum atomic E-state index is 10.3. The third-order valence-corrected chi connectivity index (χ3v) is 5.76. The Labute approximate surface area is 129 Å². The zero-order valence-corrected chi connectivity index (χ0v) is 13.4. The summed E-state index contributed by atoms with van der Waals surface area (Å²) in [5.74, 6) is 0. The van der Waals surface area contributed by atoms with Gasteiger partial charge in [0.2, 0.25) is 0 Å². The van der Waals surface area contributed by atoms with Crippen molar-refractivity contribution in [2.75, 3.05) is 18.0 Å². The van der Waals surface area contributed by atoms with Gasteiger partial charge in [0.05, 0.1) is 6.10 Å². The minimum atomic E-state index is -0.327. The zero-order chi connectivity index (χ0) is 14.7. The van der Waals surface area contributed by atoms with Crippen molar-refractivity contribution >= 4 is 5.69 Å². The summed E-state index contributed by atoms with van der Waals surface area (Å²) in [6, 6.07) is 8.43. The quantitative estimate of drug-likeness (QED) is 0.872. The lowest BCUT2D eigenvalue weighted by Gasteiger charge is -2.45. The lowest BCUT2D eigenvalue weighted by atomic mass is 9.68. The van der Waals surface area contributed by atoms with E-state index in [1.807, 2.05) is 6.07 Å². The summed E-state index contributed by atoms with van der Waals surface area (Å²) >= 11 is 0.